The molecule has 1 saturated heterocycles. The third-order valence-electron chi connectivity index (χ3n) is 5.40. The second kappa shape index (κ2) is 7.05. The van der Waals surface area contributed by atoms with E-state index in [1.165, 1.54) is 10.7 Å². The van der Waals surface area contributed by atoms with Gasteiger partial charge in [-0.05, 0) is 53.0 Å². The first kappa shape index (κ1) is 18.4. The third-order valence-corrected chi connectivity index (χ3v) is 5.40. The van der Waals surface area contributed by atoms with Crippen LogP contribution in [-0.4, -0.2) is 43.0 Å². The lowest BCUT2D eigenvalue weighted by Crippen LogP contribution is -2.46. The number of likely N-dealkylation sites (tertiary alicyclic amines) is 1. The van der Waals surface area contributed by atoms with E-state index in [9.17, 15) is 9.59 Å². The molecule has 0 aliphatic carbocycles. The summed E-state index contributed by atoms with van der Waals surface area (Å²) in [5.74, 6) is -0.0384. The molecule has 140 valence electrons. The molecule has 0 N–H and O–H groups in total. The molecule has 1 fully saturated rings. The van der Waals surface area contributed by atoms with Crippen LogP contribution in [0.3, 0.4) is 0 Å². The first-order valence-corrected chi connectivity index (χ1v) is 9.22. The van der Waals surface area contributed by atoms with E-state index < -0.39 is 6.04 Å². The van der Waals surface area contributed by atoms with Crippen LogP contribution in [0.5, 0.6) is 0 Å². The molecule has 1 aliphatic rings. The quantitative estimate of drug-likeness (QED) is 0.844. The van der Waals surface area contributed by atoms with Gasteiger partial charge in [-0.15, -0.1) is 0 Å². The van der Waals surface area contributed by atoms with Crippen molar-refractivity contribution in [3.05, 3.63) is 33.9 Å². The largest absolute Gasteiger partial charge is 0.338 e. The van der Waals surface area contributed by atoms with Gasteiger partial charge in [0.15, 0.2) is 0 Å². The van der Waals surface area contributed by atoms with Gasteiger partial charge < -0.3 is 4.90 Å². The SMILES string of the molecule is Cc1nn(C)c(C)c1-c1ccc(=O)n([C@@H](C)C(=O)N2CCCC[C@H]2C)n1. The van der Waals surface area contributed by atoms with Gasteiger partial charge in [-0.25, -0.2) is 4.68 Å². The van der Waals surface area contributed by atoms with Crippen LogP contribution in [0.2, 0.25) is 0 Å². The van der Waals surface area contributed by atoms with Gasteiger partial charge in [0.25, 0.3) is 5.56 Å². The molecular formula is C19H27N5O2. The number of carbonyl (C=O) groups is 1. The maximum Gasteiger partial charge on any atom is 0.267 e. The van der Waals surface area contributed by atoms with Crippen molar-refractivity contribution in [2.45, 2.75) is 59.0 Å². The van der Waals surface area contributed by atoms with Crippen LogP contribution >= 0.6 is 0 Å². The lowest BCUT2D eigenvalue weighted by molar-refractivity contribution is -0.138. The number of rotatable bonds is 3. The average Bonchev–Trinajstić information content (AvgIpc) is 2.87. The van der Waals surface area contributed by atoms with Crippen molar-refractivity contribution in [3.63, 3.8) is 0 Å². The van der Waals surface area contributed by atoms with Crippen molar-refractivity contribution in [3.8, 4) is 11.3 Å². The first-order chi connectivity index (χ1) is 12.3. The molecule has 3 rings (SSSR count). The summed E-state index contributed by atoms with van der Waals surface area (Å²) in [6.07, 6.45) is 3.17. The van der Waals surface area contributed by atoms with Crippen LogP contribution in [0.15, 0.2) is 16.9 Å². The maximum atomic E-state index is 13.0. The molecule has 0 bridgehead atoms. The minimum atomic E-state index is -0.625. The summed E-state index contributed by atoms with van der Waals surface area (Å²) in [5.41, 5.74) is 3.14. The zero-order valence-electron chi connectivity index (χ0n) is 16.2. The predicted molar refractivity (Wildman–Crippen MR) is 99.9 cm³/mol. The van der Waals surface area contributed by atoms with E-state index in [0.29, 0.717) is 5.69 Å². The van der Waals surface area contributed by atoms with Gasteiger partial charge in [-0.1, -0.05) is 0 Å². The van der Waals surface area contributed by atoms with Crippen molar-refractivity contribution < 1.29 is 4.79 Å². The van der Waals surface area contributed by atoms with Crippen LogP contribution in [0.1, 0.15) is 50.5 Å². The zero-order valence-corrected chi connectivity index (χ0v) is 16.2. The Balaban J connectivity index is 1.97. The van der Waals surface area contributed by atoms with Gasteiger partial charge in [0.05, 0.1) is 11.4 Å². The number of amides is 1. The summed E-state index contributed by atoms with van der Waals surface area (Å²) in [6.45, 7) is 8.46. The molecule has 1 amide bonds. The molecule has 2 aromatic heterocycles. The van der Waals surface area contributed by atoms with E-state index in [0.717, 1.165) is 42.8 Å². The van der Waals surface area contributed by atoms with E-state index in [4.69, 9.17) is 0 Å². The Morgan fingerprint density at radius 3 is 2.58 bits per heavy atom. The summed E-state index contributed by atoms with van der Waals surface area (Å²) < 4.78 is 3.11. The Kier molecular flexibility index (Phi) is 4.98. The summed E-state index contributed by atoms with van der Waals surface area (Å²) >= 11 is 0. The Labute approximate surface area is 153 Å². The highest BCUT2D eigenvalue weighted by molar-refractivity contribution is 5.80. The Morgan fingerprint density at radius 1 is 1.23 bits per heavy atom. The van der Waals surface area contributed by atoms with Crippen molar-refractivity contribution in [2.75, 3.05) is 6.54 Å². The highest BCUT2D eigenvalue weighted by Crippen LogP contribution is 2.25. The summed E-state index contributed by atoms with van der Waals surface area (Å²) in [6, 6.07) is 2.77. The molecule has 2 aromatic rings. The van der Waals surface area contributed by atoms with E-state index in [1.54, 1.807) is 17.7 Å². The Hall–Kier alpha value is -2.44. The van der Waals surface area contributed by atoms with E-state index in [-0.39, 0.29) is 17.5 Å². The number of carbonyl (C=O) groups excluding carboxylic acids is 1. The van der Waals surface area contributed by atoms with Crippen LogP contribution < -0.4 is 5.56 Å². The van der Waals surface area contributed by atoms with Gasteiger partial charge in [-0.3, -0.25) is 14.3 Å². The second-order valence-electron chi connectivity index (χ2n) is 7.22. The van der Waals surface area contributed by atoms with E-state index in [1.807, 2.05) is 25.8 Å². The lowest BCUT2D eigenvalue weighted by Gasteiger charge is -2.35. The van der Waals surface area contributed by atoms with Crippen LogP contribution in [-0.2, 0) is 11.8 Å². The normalized spacial score (nSPS) is 18.8. The van der Waals surface area contributed by atoms with Crippen molar-refractivity contribution in [1.82, 2.24) is 24.5 Å². The molecule has 0 saturated carbocycles. The zero-order chi connectivity index (χ0) is 19.0. The number of nitrogens with zero attached hydrogens (tertiary/aromatic N) is 5. The van der Waals surface area contributed by atoms with Crippen LogP contribution in [0.4, 0.5) is 0 Å². The number of aryl methyl sites for hydroxylation is 2. The standard InChI is InChI=1S/C19H27N5O2/c1-12-8-6-7-11-23(12)19(26)15(4)24-17(25)10-9-16(21-24)18-13(2)20-22(5)14(18)3/h9-10,12,15H,6-8,11H2,1-5H3/t12-,15+/m1/s1. The molecule has 2 atom stereocenters. The Bertz CT molecular complexity index is 883. The number of piperidine rings is 1. The molecule has 0 spiro atoms. The highest BCUT2D eigenvalue weighted by atomic mass is 16.2. The molecule has 0 radical (unpaired) electrons. The maximum absolute atomic E-state index is 13.0. The molecule has 3 heterocycles. The number of aromatic nitrogens is 4. The first-order valence-electron chi connectivity index (χ1n) is 9.22. The van der Waals surface area contributed by atoms with Crippen LogP contribution in [0, 0.1) is 13.8 Å². The minimum absolute atomic E-state index is 0.0384. The fraction of sp³-hybridized carbons (Fsp3) is 0.579. The fourth-order valence-electron chi connectivity index (χ4n) is 3.75. The van der Waals surface area contributed by atoms with Gasteiger partial charge in [-0.2, -0.15) is 10.2 Å². The molecule has 0 unspecified atom stereocenters. The molecule has 1 aliphatic heterocycles. The van der Waals surface area contributed by atoms with Gasteiger partial charge >= 0.3 is 0 Å². The lowest BCUT2D eigenvalue weighted by atomic mass is 10.0. The number of hydrogen-bond acceptors (Lipinski definition) is 4. The monoisotopic (exact) mass is 357 g/mol. The average molecular weight is 357 g/mol. The molecular weight excluding hydrogens is 330 g/mol. The Morgan fingerprint density at radius 2 is 1.96 bits per heavy atom. The predicted octanol–water partition coefficient (Wildman–Crippen LogP) is 2.22. The summed E-state index contributed by atoms with van der Waals surface area (Å²) in [5, 5.41) is 8.94. The van der Waals surface area contributed by atoms with Gasteiger partial charge in [0, 0.05) is 37.0 Å². The van der Waals surface area contributed by atoms with Gasteiger partial charge in [0.2, 0.25) is 5.91 Å². The molecule has 26 heavy (non-hydrogen) atoms. The van der Waals surface area contributed by atoms with E-state index >= 15 is 0 Å². The minimum Gasteiger partial charge on any atom is -0.338 e. The fourth-order valence-corrected chi connectivity index (χ4v) is 3.75. The smallest absolute Gasteiger partial charge is 0.267 e. The second-order valence-corrected chi connectivity index (χ2v) is 7.22. The van der Waals surface area contributed by atoms with Gasteiger partial charge in [0.1, 0.15) is 6.04 Å². The van der Waals surface area contributed by atoms with Crippen molar-refractivity contribution in [1.29, 1.82) is 0 Å². The van der Waals surface area contributed by atoms with Crippen LogP contribution in [0.25, 0.3) is 11.3 Å². The third kappa shape index (κ3) is 3.18. The van der Waals surface area contributed by atoms with E-state index in [2.05, 4.69) is 17.1 Å². The topological polar surface area (TPSA) is 73.0 Å². The summed E-state index contributed by atoms with van der Waals surface area (Å²) in [4.78, 5) is 27.2. The summed E-state index contributed by atoms with van der Waals surface area (Å²) in [7, 11) is 1.88. The van der Waals surface area contributed by atoms with Crippen molar-refractivity contribution >= 4 is 5.91 Å². The number of hydrogen-bond donors (Lipinski definition) is 0. The molecule has 7 heteroatoms. The molecule has 7 nitrogen and oxygen atoms in total. The molecule has 0 aromatic carbocycles. The van der Waals surface area contributed by atoms with Crippen molar-refractivity contribution in [2.24, 2.45) is 7.05 Å². The highest BCUT2D eigenvalue weighted by Gasteiger charge is 2.29.